The molecule has 0 aromatic heterocycles. The van der Waals surface area contributed by atoms with Crippen molar-refractivity contribution in [3.8, 4) is 0 Å². The molecule has 0 saturated carbocycles. The fourth-order valence-corrected chi connectivity index (χ4v) is 4.48. The van der Waals surface area contributed by atoms with E-state index in [0.29, 0.717) is 0 Å². The standard InChI is InChI=1S/C21H24O4S/c1-15-9-11-18(12-10-15)26(22,23)25-20-14-13-19(21(20)16(2)24-3)17-7-5-4-6-8-17/h4-14,16,19-21H,1-3H3. The molecule has 4 unspecified atom stereocenters. The van der Waals surface area contributed by atoms with E-state index in [9.17, 15) is 8.42 Å². The summed E-state index contributed by atoms with van der Waals surface area (Å²) in [5.41, 5.74) is 2.12. The third kappa shape index (κ3) is 3.90. The minimum atomic E-state index is -3.85. The van der Waals surface area contributed by atoms with Crippen LogP contribution in [0.4, 0.5) is 0 Å². The van der Waals surface area contributed by atoms with Crippen molar-refractivity contribution in [3.63, 3.8) is 0 Å². The van der Waals surface area contributed by atoms with E-state index in [-0.39, 0.29) is 22.8 Å². The van der Waals surface area contributed by atoms with E-state index in [0.717, 1.165) is 11.1 Å². The van der Waals surface area contributed by atoms with Crippen LogP contribution in [-0.2, 0) is 19.0 Å². The Morgan fingerprint density at radius 1 is 0.962 bits per heavy atom. The second kappa shape index (κ2) is 7.74. The van der Waals surface area contributed by atoms with Crippen molar-refractivity contribution in [2.45, 2.75) is 36.9 Å². The molecule has 1 aliphatic rings. The summed E-state index contributed by atoms with van der Waals surface area (Å²) in [6.07, 6.45) is 3.13. The molecule has 0 N–H and O–H groups in total. The van der Waals surface area contributed by atoms with E-state index < -0.39 is 16.2 Å². The Hall–Kier alpha value is -1.95. The van der Waals surface area contributed by atoms with Gasteiger partial charge in [-0.2, -0.15) is 8.42 Å². The van der Waals surface area contributed by atoms with Gasteiger partial charge in [-0.25, -0.2) is 0 Å². The van der Waals surface area contributed by atoms with Crippen LogP contribution in [0.25, 0.3) is 0 Å². The van der Waals surface area contributed by atoms with Crippen molar-refractivity contribution in [1.82, 2.24) is 0 Å². The molecule has 0 saturated heterocycles. The number of hydrogen-bond donors (Lipinski definition) is 0. The molecule has 138 valence electrons. The molecular formula is C21H24O4S. The molecule has 26 heavy (non-hydrogen) atoms. The lowest BCUT2D eigenvalue weighted by atomic mass is 9.84. The zero-order chi connectivity index (χ0) is 18.7. The van der Waals surface area contributed by atoms with Crippen molar-refractivity contribution in [1.29, 1.82) is 0 Å². The number of benzene rings is 2. The Bertz CT molecular complexity index is 857. The van der Waals surface area contributed by atoms with Crippen LogP contribution in [0.5, 0.6) is 0 Å². The lowest BCUT2D eigenvalue weighted by molar-refractivity contribution is 0.0246. The van der Waals surface area contributed by atoms with Crippen LogP contribution in [0, 0.1) is 12.8 Å². The molecule has 3 rings (SSSR count). The highest BCUT2D eigenvalue weighted by atomic mass is 32.2. The zero-order valence-electron chi connectivity index (χ0n) is 15.2. The molecule has 0 spiro atoms. The van der Waals surface area contributed by atoms with Crippen LogP contribution in [0.15, 0.2) is 71.6 Å². The Morgan fingerprint density at radius 2 is 1.62 bits per heavy atom. The van der Waals surface area contributed by atoms with E-state index >= 15 is 0 Å². The quantitative estimate of drug-likeness (QED) is 0.566. The second-order valence-corrected chi connectivity index (χ2v) is 8.24. The topological polar surface area (TPSA) is 52.6 Å². The molecular weight excluding hydrogens is 348 g/mol. The van der Waals surface area contributed by atoms with Crippen LogP contribution in [0.1, 0.15) is 24.0 Å². The molecule has 0 heterocycles. The third-order valence-electron chi connectivity index (χ3n) is 4.95. The number of rotatable bonds is 6. The van der Waals surface area contributed by atoms with Gasteiger partial charge in [0.25, 0.3) is 10.1 Å². The SMILES string of the molecule is COC(C)C1C(OS(=O)(=O)c2ccc(C)cc2)C=CC1c1ccccc1. The summed E-state index contributed by atoms with van der Waals surface area (Å²) in [7, 11) is -2.21. The number of hydrogen-bond acceptors (Lipinski definition) is 4. The Morgan fingerprint density at radius 3 is 2.23 bits per heavy atom. The van der Waals surface area contributed by atoms with E-state index in [1.807, 2.05) is 56.3 Å². The Labute approximate surface area is 155 Å². The predicted molar refractivity (Wildman–Crippen MR) is 102 cm³/mol. The van der Waals surface area contributed by atoms with E-state index in [1.165, 1.54) is 0 Å². The maximum atomic E-state index is 12.7. The molecule has 0 bridgehead atoms. The van der Waals surface area contributed by atoms with Crippen molar-refractivity contribution in [3.05, 3.63) is 77.9 Å². The van der Waals surface area contributed by atoms with Gasteiger partial charge in [-0.3, -0.25) is 4.18 Å². The summed E-state index contributed by atoms with van der Waals surface area (Å²) in [5, 5.41) is 0. The average molecular weight is 372 g/mol. The maximum Gasteiger partial charge on any atom is 0.297 e. The molecule has 2 aromatic rings. The first-order valence-corrected chi connectivity index (χ1v) is 10.1. The van der Waals surface area contributed by atoms with Crippen LogP contribution in [0.2, 0.25) is 0 Å². The zero-order valence-corrected chi connectivity index (χ0v) is 16.0. The van der Waals surface area contributed by atoms with Crippen LogP contribution in [-0.4, -0.2) is 27.7 Å². The highest BCUT2D eigenvalue weighted by Crippen LogP contribution is 2.40. The van der Waals surface area contributed by atoms with E-state index in [1.54, 1.807) is 31.4 Å². The fourth-order valence-electron chi connectivity index (χ4n) is 3.42. The average Bonchev–Trinajstić information content (AvgIpc) is 3.05. The molecule has 0 aliphatic heterocycles. The summed E-state index contributed by atoms with van der Waals surface area (Å²) in [6.45, 7) is 3.86. The molecule has 1 aliphatic carbocycles. The number of methoxy groups -OCH3 is 1. The predicted octanol–water partition coefficient (Wildman–Crippen LogP) is 4.07. The highest BCUT2D eigenvalue weighted by Gasteiger charge is 2.40. The summed E-state index contributed by atoms with van der Waals surface area (Å²) >= 11 is 0. The first-order valence-electron chi connectivity index (χ1n) is 8.68. The molecule has 5 heteroatoms. The minimum Gasteiger partial charge on any atom is -0.381 e. The van der Waals surface area contributed by atoms with Gasteiger partial charge in [0, 0.05) is 18.9 Å². The number of aryl methyl sites for hydroxylation is 1. The van der Waals surface area contributed by atoms with Crippen LogP contribution >= 0.6 is 0 Å². The molecule has 4 atom stereocenters. The summed E-state index contributed by atoms with van der Waals surface area (Å²) in [4.78, 5) is 0.170. The normalized spacial score (nSPS) is 23.9. The van der Waals surface area contributed by atoms with Gasteiger partial charge in [-0.15, -0.1) is 0 Å². The van der Waals surface area contributed by atoms with Crippen molar-refractivity contribution < 1.29 is 17.3 Å². The monoisotopic (exact) mass is 372 g/mol. The van der Waals surface area contributed by atoms with Crippen molar-refractivity contribution >= 4 is 10.1 Å². The van der Waals surface area contributed by atoms with Crippen LogP contribution < -0.4 is 0 Å². The smallest absolute Gasteiger partial charge is 0.297 e. The van der Waals surface area contributed by atoms with Gasteiger partial charge in [-0.1, -0.05) is 60.2 Å². The minimum absolute atomic E-state index is 0.0457. The third-order valence-corrected chi connectivity index (χ3v) is 6.27. The van der Waals surface area contributed by atoms with Gasteiger partial charge in [0.05, 0.1) is 11.0 Å². The van der Waals surface area contributed by atoms with Crippen LogP contribution in [0.3, 0.4) is 0 Å². The van der Waals surface area contributed by atoms with Crippen molar-refractivity contribution in [2.75, 3.05) is 7.11 Å². The molecule has 0 radical (unpaired) electrons. The molecule has 4 nitrogen and oxygen atoms in total. The number of ether oxygens (including phenoxy) is 1. The fraction of sp³-hybridized carbons (Fsp3) is 0.333. The molecule has 2 aromatic carbocycles. The first-order chi connectivity index (χ1) is 12.4. The molecule has 0 fully saturated rings. The highest BCUT2D eigenvalue weighted by molar-refractivity contribution is 7.86. The van der Waals surface area contributed by atoms with E-state index in [4.69, 9.17) is 8.92 Å². The lowest BCUT2D eigenvalue weighted by Gasteiger charge is -2.29. The van der Waals surface area contributed by atoms with Gasteiger partial charge in [0.1, 0.15) is 6.10 Å². The number of allylic oxidation sites excluding steroid dienone is 1. The molecule has 0 amide bonds. The van der Waals surface area contributed by atoms with E-state index in [2.05, 4.69) is 0 Å². The summed E-state index contributed by atoms with van der Waals surface area (Å²) in [6, 6.07) is 16.7. The largest absolute Gasteiger partial charge is 0.381 e. The van der Waals surface area contributed by atoms with Crippen molar-refractivity contribution in [2.24, 2.45) is 5.92 Å². The Balaban J connectivity index is 1.87. The van der Waals surface area contributed by atoms with Gasteiger partial charge >= 0.3 is 0 Å². The van der Waals surface area contributed by atoms with Gasteiger partial charge < -0.3 is 4.74 Å². The maximum absolute atomic E-state index is 12.7. The lowest BCUT2D eigenvalue weighted by Crippen LogP contribution is -2.34. The summed E-state index contributed by atoms with van der Waals surface area (Å²) < 4.78 is 36.6. The Kier molecular flexibility index (Phi) is 5.61. The first kappa shape index (κ1) is 18.8. The van der Waals surface area contributed by atoms with Gasteiger partial charge in [0.2, 0.25) is 0 Å². The van der Waals surface area contributed by atoms with Gasteiger partial charge in [-0.05, 0) is 31.5 Å². The summed E-state index contributed by atoms with van der Waals surface area (Å²) in [5.74, 6) is -0.0769. The second-order valence-electron chi connectivity index (χ2n) is 6.67. The van der Waals surface area contributed by atoms with Gasteiger partial charge in [0.15, 0.2) is 0 Å².